The lowest BCUT2D eigenvalue weighted by Gasteiger charge is -2.17. The lowest BCUT2D eigenvalue weighted by Crippen LogP contribution is -2.26. The summed E-state index contributed by atoms with van der Waals surface area (Å²) in [5.74, 6) is -2.28. The van der Waals surface area contributed by atoms with E-state index in [-0.39, 0.29) is 11.4 Å². The summed E-state index contributed by atoms with van der Waals surface area (Å²) >= 11 is 0. The second-order valence-electron chi connectivity index (χ2n) is 4.75. The molecule has 0 fully saturated rings. The molecule has 2 rings (SSSR count). The number of halogens is 2. The number of rotatable bonds is 4. The van der Waals surface area contributed by atoms with Crippen molar-refractivity contribution in [2.24, 2.45) is 7.05 Å². The van der Waals surface area contributed by atoms with Crippen molar-refractivity contribution in [3.05, 3.63) is 47.3 Å². The summed E-state index contributed by atoms with van der Waals surface area (Å²) in [6.45, 7) is 1.87. The normalized spacial score (nSPS) is 12.1. The molecular weight excluding hydrogens is 300 g/mol. The van der Waals surface area contributed by atoms with Crippen LogP contribution in [0.4, 0.5) is 8.78 Å². The summed E-state index contributed by atoms with van der Waals surface area (Å²) in [5, 5.41) is 4.13. The van der Waals surface area contributed by atoms with Crippen LogP contribution in [0.15, 0.2) is 29.3 Å². The Morgan fingerprint density at radius 2 is 1.95 bits per heavy atom. The lowest BCUT2D eigenvalue weighted by molar-refractivity contribution is 0.462. The van der Waals surface area contributed by atoms with Gasteiger partial charge in [-0.05, 0) is 25.1 Å². The molecule has 0 bridgehead atoms. The molecule has 114 valence electrons. The number of sulfonamides is 1. The van der Waals surface area contributed by atoms with Gasteiger partial charge in [-0.2, -0.15) is 9.40 Å². The van der Waals surface area contributed by atoms with Gasteiger partial charge < -0.3 is 0 Å². The molecule has 0 amide bonds. The molecule has 0 N–H and O–H groups in total. The van der Waals surface area contributed by atoms with Gasteiger partial charge in [-0.3, -0.25) is 4.68 Å². The van der Waals surface area contributed by atoms with Crippen molar-refractivity contribution in [1.29, 1.82) is 0 Å². The first-order chi connectivity index (χ1) is 9.71. The van der Waals surface area contributed by atoms with E-state index in [4.69, 9.17) is 0 Å². The third kappa shape index (κ3) is 3.11. The van der Waals surface area contributed by atoms with E-state index in [0.717, 1.165) is 22.0 Å². The Bertz CT molecular complexity index is 772. The number of aromatic nitrogens is 2. The molecule has 0 saturated heterocycles. The fourth-order valence-electron chi connectivity index (χ4n) is 1.95. The van der Waals surface area contributed by atoms with Gasteiger partial charge >= 0.3 is 0 Å². The minimum absolute atomic E-state index is 0.0982. The fourth-order valence-corrected chi connectivity index (χ4v) is 3.11. The molecule has 1 aromatic carbocycles. The van der Waals surface area contributed by atoms with Gasteiger partial charge in [-0.1, -0.05) is 0 Å². The predicted octanol–water partition coefficient (Wildman–Crippen LogP) is 1.83. The maximum atomic E-state index is 13.2. The lowest BCUT2D eigenvalue weighted by atomic mass is 10.3. The molecule has 5 nitrogen and oxygen atoms in total. The molecule has 0 unspecified atom stereocenters. The van der Waals surface area contributed by atoms with Gasteiger partial charge in [0.05, 0.1) is 10.6 Å². The average Bonchev–Trinajstić information content (AvgIpc) is 2.71. The van der Waals surface area contributed by atoms with Gasteiger partial charge in [0.2, 0.25) is 10.0 Å². The monoisotopic (exact) mass is 315 g/mol. The van der Waals surface area contributed by atoms with Crippen molar-refractivity contribution in [2.75, 3.05) is 7.05 Å². The number of hydrogen-bond acceptors (Lipinski definition) is 3. The van der Waals surface area contributed by atoms with Gasteiger partial charge in [-0.15, -0.1) is 0 Å². The van der Waals surface area contributed by atoms with Gasteiger partial charge in [-0.25, -0.2) is 17.2 Å². The summed E-state index contributed by atoms with van der Waals surface area (Å²) in [6, 6.07) is 2.52. The fraction of sp³-hybridized carbons (Fsp3) is 0.308. The Morgan fingerprint density at radius 1 is 1.29 bits per heavy atom. The van der Waals surface area contributed by atoms with Crippen LogP contribution in [0, 0.1) is 18.6 Å². The number of hydrogen-bond donors (Lipinski definition) is 0. The SMILES string of the molecule is Cc1nn(C)cc1CN(C)S(=O)(=O)c1ccc(F)c(F)c1. The third-order valence-corrected chi connectivity index (χ3v) is 4.91. The molecule has 21 heavy (non-hydrogen) atoms. The summed E-state index contributed by atoms with van der Waals surface area (Å²) < 4.78 is 53.4. The molecule has 0 radical (unpaired) electrons. The number of nitrogens with zero attached hydrogens (tertiary/aromatic N) is 3. The van der Waals surface area contributed by atoms with Crippen molar-refractivity contribution in [2.45, 2.75) is 18.4 Å². The van der Waals surface area contributed by atoms with Crippen molar-refractivity contribution in [3.8, 4) is 0 Å². The summed E-state index contributed by atoms with van der Waals surface area (Å²) in [6.07, 6.45) is 1.71. The molecular formula is C13H15F2N3O2S. The standard InChI is InChI=1S/C13H15F2N3O2S/c1-9-10(7-17(2)16-9)8-18(3)21(19,20)11-4-5-12(14)13(15)6-11/h4-7H,8H2,1-3H3. The van der Waals surface area contributed by atoms with Gasteiger partial charge in [0.1, 0.15) is 0 Å². The van der Waals surface area contributed by atoms with E-state index in [2.05, 4.69) is 5.10 Å². The molecule has 0 aliphatic rings. The van der Waals surface area contributed by atoms with E-state index in [1.54, 1.807) is 24.9 Å². The van der Waals surface area contributed by atoms with Crippen LogP contribution < -0.4 is 0 Å². The molecule has 0 saturated carbocycles. The molecule has 0 spiro atoms. The second kappa shape index (κ2) is 5.53. The Kier molecular flexibility index (Phi) is 4.11. The van der Waals surface area contributed by atoms with Gasteiger partial charge in [0.15, 0.2) is 11.6 Å². The highest BCUT2D eigenvalue weighted by molar-refractivity contribution is 7.89. The Morgan fingerprint density at radius 3 is 2.48 bits per heavy atom. The molecule has 1 heterocycles. The first-order valence-corrected chi connectivity index (χ1v) is 7.56. The van der Waals surface area contributed by atoms with E-state index >= 15 is 0 Å². The summed E-state index contributed by atoms with van der Waals surface area (Å²) in [7, 11) is -0.780. The minimum Gasteiger partial charge on any atom is -0.275 e. The number of benzene rings is 1. The van der Waals surface area contributed by atoms with E-state index in [1.807, 2.05) is 0 Å². The summed E-state index contributed by atoms with van der Waals surface area (Å²) in [5.41, 5.74) is 1.45. The van der Waals surface area contributed by atoms with E-state index in [1.165, 1.54) is 7.05 Å². The zero-order valence-corrected chi connectivity index (χ0v) is 12.7. The average molecular weight is 315 g/mol. The van der Waals surface area contributed by atoms with Crippen molar-refractivity contribution < 1.29 is 17.2 Å². The zero-order chi connectivity index (χ0) is 15.8. The van der Waals surface area contributed by atoms with E-state index < -0.39 is 21.7 Å². The van der Waals surface area contributed by atoms with Crippen LogP contribution in [0.5, 0.6) is 0 Å². The highest BCUT2D eigenvalue weighted by atomic mass is 32.2. The molecule has 2 aromatic rings. The van der Waals surface area contributed by atoms with Crippen LogP contribution >= 0.6 is 0 Å². The van der Waals surface area contributed by atoms with Crippen molar-refractivity contribution in [1.82, 2.24) is 14.1 Å². The van der Waals surface area contributed by atoms with Crippen LogP contribution in [0.3, 0.4) is 0 Å². The Labute approximate surface area is 121 Å². The smallest absolute Gasteiger partial charge is 0.243 e. The van der Waals surface area contributed by atoms with Crippen molar-refractivity contribution in [3.63, 3.8) is 0 Å². The largest absolute Gasteiger partial charge is 0.275 e. The third-order valence-electron chi connectivity index (χ3n) is 3.11. The quantitative estimate of drug-likeness (QED) is 0.865. The second-order valence-corrected chi connectivity index (χ2v) is 6.80. The van der Waals surface area contributed by atoms with Crippen molar-refractivity contribution >= 4 is 10.0 Å². The van der Waals surface area contributed by atoms with Crippen LogP contribution in [0.2, 0.25) is 0 Å². The summed E-state index contributed by atoms with van der Waals surface area (Å²) in [4.78, 5) is -0.287. The first kappa shape index (κ1) is 15.6. The maximum absolute atomic E-state index is 13.2. The molecule has 0 aliphatic carbocycles. The molecule has 1 aromatic heterocycles. The zero-order valence-electron chi connectivity index (χ0n) is 11.8. The highest BCUT2D eigenvalue weighted by Crippen LogP contribution is 2.19. The van der Waals surface area contributed by atoms with Crippen LogP contribution in [-0.2, 0) is 23.6 Å². The van der Waals surface area contributed by atoms with Crippen LogP contribution in [0.25, 0.3) is 0 Å². The van der Waals surface area contributed by atoms with E-state index in [9.17, 15) is 17.2 Å². The Hall–Kier alpha value is -1.80. The first-order valence-electron chi connectivity index (χ1n) is 6.12. The molecule has 8 heteroatoms. The minimum atomic E-state index is -3.89. The Balaban J connectivity index is 2.30. The van der Waals surface area contributed by atoms with Crippen LogP contribution in [0.1, 0.15) is 11.3 Å². The number of aryl methyl sites for hydroxylation is 2. The van der Waals surface area contributed by atoms with Gasteiger partial charge in [0.25, 0.3) is 0 Å². The topological polar surface area (TPSA) is 55.2 Å². The molecule has 0 aliphatic heterocycles. The van der Waals surface area contributed by atoms with E-state index in [0.29, 0.717) is 11.8 Å². The highest BCUT2D eigenvalue weighted by Gasteiger charge is 2.23. The molecule has 0 atom stereocenters. The van der Waals surface area contributed by atoms with Crippen LogP contribution in [-0.4, -0.2) is 29.6 Å². The maximum Gasteiger partial charge on any atom is 0.243 e. The van der Waals surface area contributed by atoms with Gasteiger partial charge in [0, 0.05) is 32.4 Å². The predicted molar refractivity (Wildman–Crippen MR) is 73.0 cm³/mol.